The van der Waals surface area contributed by atoms with Crippen molar-refractivity contribution in [1.82, 2.24) is 4.90 Å². The van der Waals surface area contributed by atoms with Crippen LogP contribution in [-0.2, 0) is 10.8 Å². The molecule has 1 aromatic carbocycles. The molecule has 0 aliphatic carbocycles. The third-order valence-corrected chi connectivity index (χ3v) is 5.08. The minimum absolute atomic E-state index is 0.630. The van der Waals surface area contributed by atoms with E-state index in [1.807, 2.05) is 24.3 Å². The number of likely N-dealkylation sites (tertiary alicyclic amines) is 1. The van der Waals surface area contributed by atoms with Gasteiger partial charge in [0.05, 0.1) is 0 Å². The maximum absolute atomic E-state index is 11.3. The van der Waals surface area contributed by atoms with Crippen molar-refractivity contribution < 1.29 is 14.1 Å². The Labute approximate surface area is 134 Å². The maximum atomic E-state index is 11.3. The Hall–Kier alpha value is -1.62. The molecule has 1 aliphatic heterocycles. The summed E-state index contributed by atoms with van der Waals surface area (Å²) in [4.78, 5) is 13.2. The number of allylic oxidation sites excluding steroid dienone is 1. The second-order valence-electron chi connectivity index (χ2n) is 5.72. The van der Waals surface area contributed by atoms with Crippen molar-refractivity contribution in [1.29, 1.82) is 0 Å². The van der Waals surface area contributed by atoms with Crippen LogP contribution in [0, 0.1) is 5.92 Å². The fourth-order valence-corrected chi connectivity index (χ4v) is 3.25. The van der Waals surface area contributed by atoms with Crippen LogP contribution in [0.5, 0.6) is 0 Å². The first-order valence-electron chi connectivity index (χ1n) is 7.64. The van der Waals surface area contributed by atoms with Crippen molar-refractivity contribution in [3.05, 3.63) is 35.9 Å². The molecule has 22 heavy (non-hydrogen) atoms. The summed E-state index contributed by atoms with van der Waals surface area (Å²) in [6.45, 7) is 1.33. The van der Waals surface area contributed by atoms with Crippen LogP contribution in [0.1, 0.15) is 31.2 Å². The minimum Gasteiger partial charge on any atom is -0.465 e. The number of benzene rings is 1. The number of carbonyl (C=O) groups is 1. The van der Waals surface area contributed by atoms with Crippen LogP contribution in [0.3, 0.4) is 0 Å². The van der Waals surface area contributed by atoms with Crippen LogP contribution in [-0.4, -0.2) is 39.7 Å². The summed E-state index contributed by atoms with van der Waals surface area (Å²) in [5.41, 5.74) is 1.12. The lowest BCUT2D eigenvalue weighted by atomic mass is 9.92. The zero-order valence-corrected chi connectivity index (χ0v) is 13.7. The monoisotopic (exact) mass is 321 g/mol. The van der Waals surface area contributed by atoms with Gasteiger partial charge in [-0.15, -0.1) is 0 Å². The van der Waals surface area contributed by atoms with Gasteiger partial charge in [-0.2, -0.15) is 0 Å². The lowest BCUT2D eigenvalue weighted by Crippen LogP contribution is -2.37. The van der Waals surface area contributed by atoms with E-state index in [1.54, 1.807) is 6.26 Å². The number of rotatable bonds is 5. The molecule has 0 saturated carbocycles. The minimum atomic E-state index is -0.924. The van der Waals surface area contributed by atoms with Crippen molar-refractivity contribution >= 4 is 23.0 Å². The summed E-state index contributed by atoms with van der Waals surface area (Å²) in [5.74, 6) is 0.630. The molecule has 1 unspecified atom stereocenters. The van der Waals surface area contributed by atoms with E-state index in [1.165, 1.54) is 4.90 Å². The summed E-state index contributed by atoms with van der Waals surface area (Å²) in [6.07, 6.45) is 9.21. The molecule has 1 aromatic rings. The Morgan fingerprint density at radius 2 is 1.95 bits per heavy atom. The number of piperidine rings is 1. The van der Waals surface area contributed by atoms with Crippen LogP contribution < -0.4 is 0 Å². The Morgan fingerprint density at radius 1 is 1.32 bits per heavy atom. The molecule has 2 rings (SSSR count). The van der Waals surface area contributed by atoms with Crippen LogP contribution in [0.2, 0.25) is 0 Å². The van der Waals surface area contributed by atoms with Crippen LogP contribution in [0.4, 0.5) is 4.79 Å². The highest BCUT2D eigenvalue weighted by Gasteiger charge is 2.21. The molecule has 120 valence electrons. The normalized spacial score (nSPS) is 17.8. The lowest BCUT2D eigenvalue weighted by Gasteiger charge is -2.29. The standard InChI is InChI=1S/C17H23NO3S/c1-22(21)16-8-6-14(7-9-16)4-2-3-5-15-10-12-18(13-11-15)17(19)20/h2,4,6-9,15H,3,5,10-13H2,1H3,(H,19,20)/b4-2+. The highest BCUT2D eigenvalue weighted by atomic mass is 32.2. The molecule has 0 bridgehead atoms. The van der Waals surface area contributed by atoms with Gasteiger partial charge in [0.1, 0.15) is 0 Å². The average molecular weight is 321 g/mol. The first-order chi connectivity index (χ1) is 10.6. The third-order valence-electron chi connectivity index (χ3n) is 4.15. The Kier molecular flexibility index (Phi) is 6.19. The van der Waals surface area contributed by atoms with Crippen LogP contribution in [0.15, 0.2) is 35.2 Å². The zero-order valence-electron chi connectivity index (χ0n) is 12.9. The molecule has 1 N–H and O–H groups in total. The maximum Gasteiger partial charge on any atom is 0.407 e. The Balaban J connectivity index is 1.72. The summed E-state index contributed by atoms with van der Waals surface area (Å²) in [5, 5.41) is 8.91. The number of hydrogen-bond acceptors (Lipinski definition) is 2. The molecule has 0 aromatic heterocycles. The van der Waals surface area contributed by atoms with Gasteiger partial charge in [-0.25, -0.2) is 4.79 Å². The van der Waals surface area contributed by atoms with Gasteiger partial charge in [-0.3, -0.25) is 4.21 Å². The van der Waals surface area contributed by atoms with Gasteiger partial charge in [-0.05, 0) is 49.3 Å². The first kappa shape index (κ1) is 16.7. The largest absolute Gasteiger partial charge is 0.465 e. The van der Waals surface area contributed by atoms with E-state index in [4.69, 9.17) is 5.11 Å². The summed E-state index contributed by atoms with van der Waals surface area (Å²) < 4.78 is 11.3. The quantitative estimate of drug-likeness (QED) is 0.901. The topological polar surface area (TPSA) is 57.6 Å². The molecule has 1 atom stereocenters. The molecule has 1 saturated heterocycles. The van der Waals surface area contributed by atoms with E-state index in [-0.39, 0.29) is 0 Å². The molecule has 1 amide bonds. The molecular weight excluding hydrogens is 298 g/mol. The van der Waals surface area contributed by atoms with Gasteiger partial charge in [-0.1, -0.05) is 24.3 Å². The molecule has 1 heterocycles. The van der Waals surface area contributed by atoms with Gasteiger partial charge in [0.15, 0.2) is 0 Å². The highest BCUT2D eigenvalue weighted by Crippen LogP contribution is 2.22. The third kappa shape index (κ3) is 4.98. The van der Waals surface area contributed by atoms with Crippen molar-refractivity contribution in [2.45, 2.75) is 30.6 Å². The Morgan fingerprint density at radius 3 is 2.50 bits per heavy atom. The van der Waals surface area contributed by atoms with E-state index in [2.05, 4.69) is 12.2 Å². The number of amides is 1. The molecule has 0 radical (unpaired) electrons. The van der Waals surface area contributed by atoms with Gasteiger partial charge in [0, 0.05) is 35.0 Å². The molecule has 0 spiro atoms. The predicted molar refractivity (Wildman–Crippen MR) is 89.4 cm³/mol. The van der Waals surface area contributed by atoms with Crippen LogP contribution in [0.25, 0.3) is 6.08 Å². The number of nitrogens with zero attached hydrogens (tertiary/aromatic N) is 1. The van der Waals surface area contributed by atoms with E-state index in [0.29, 0.717) is 19.0 Å². The van der Waals surface area contributed by atoms with Crippen molar-refractivity contribution in [3.63, 3.8) is 0 Å². The second-order valence-corrected chi connectivity index (χ2v) is 7.10. The fourth-order valence-electron chi connectivity index (χ4n) is 2.73. The lowest BCUT2D eigenvalue weighted by molar-refractivity contribution is 0.123. The van der Waals surface area contributed by atoms with Crippen molar-refractivity contribution in [3.8, 4) is 0 Å². The predicted octanol–water partition coefficient (Wildman–Crippen LogP) is 3.61. The molecule has 1 fully saturated rings. The van der Waals surface area contributed by atoms with Crippen LogP contribution >= 0.6 is 0 Å². The van der Waals surface area contributed by atoms with E-state index >= 15 is 0 Å². The fraction of sp³-hybridized carbons (Fsp3) is 0.471. The van der Waals surface area contributed by atoms with Gasteiger partial charge in [0.25, 0.3) is 0 Å². The van der Waals surface area contributed by atoms with Gasteiger partial charge >= 0.3 is 6.09 Å². The molecule has 5 heteroatoms. The van der Waals surface area contributed by atoms with Gasteiger partial charge in [0.2, 0.25) is 0 Å². The van der Waals surface area contributed by atoms with E-state index in [9.17, 15) is 9.00 Å². The zero-order chi connectivity index (χ0) is 15.9. The summed E-state index contributed by atoms with van der Waals surface area (Å²) in [7, 11) is -0.924. The second kappa shape index (κ2) is 8.13. The highest BCUT2D eigenvalue weighted by molar-refractivity contribution is 7.84. The van der Waals surface area contributed by atoms with Gasteiger partial charge < -0.3 is 10.0 Å². The Bertz CT molecular complexity index is 546. The van der Waals surface area contributed by atoms with E-state index in [0.717, 1.165) is 36.1 Å². The average Bonchev–Trinajstić information content (AvgIpc) is 2.52. The first-order valence-corrected chi connectivity index (χ1v) is 9.20. The number of carboxylic acid groups (broad SMARTS) is 1. The van der Waals surface area contributed by atoms with Crippen molar-refractivity contribution in [2.24, 2.45) is 5.92 Å². The smallest absolute Gasteiger partial charge is 0.407 e. The summed E-state index contributed by atoms with van der Waals surface area (Å²) in [6, 6.07) is 7.77. The molecule has 4 nitrogen and oxygen atoms in total. The van der Waals surface area contributed by atoms with Crippen molar-refractivity contribution in [2.75, 3.05) is 19.3 Å². The molecule has 1 aliphatic rings. The van der Waals surface area contributed by atoms with E-state index < -0.39 is 16.9 Å². The molecular formula is C17H23NO3S. The summed E-state index contributed by atoms with van der Waals surface area (Å²) >= 11 is 0. The number of hydrogen-bond donors (Lipinski definition) is 1. The SMILES string of the molecule is CS(=O)c1ccc(/C=C/CCC2CCN(C(=O)O)CC2)cc1.